The molecule has 2 rings (SSSR count). The topological polar surface area (TPSA) is 46.5 Å². The second-order valence-electron chi connectivity index (χ2n) is 7.00. The number of esters is 1. The van der Waals surface area contributed by atoms with Crippen molar-refractivity contribution in [3.05, 3.63) is 34.9 Å². The smallest absolute Gasteiger partial charge is 0.339 e. The third-order valence-corrected chi connectivity index (χ3v) is 4.62. The van der Waals surface area contributed by atoms with E-state index in [0.29, 0.717) is 5.56 Å². The van der Waals surface area contributed by atoms with Gasteiger partial charge in [0.2, 0.25) is 0 Å². The first-order chi connectivity index (χ1) is 9.19. The quantitative estimate of drug-likeness (QED) is 0.843. The minimum absolute atomic E-state index is 0.0662. The van der Waals surface area contributed by atoms with Crippen LogP contribution in [0.1, 0.15) is 63.3 Å². The summed E-state index contributed by atoms with van der Waals surface area (Å²) in [4.78, 5) is 11.5. The summed E-state index contributed by atoms with van der Waals surface area (Å²) in [6.07, 6.45) is 1.04. The predicted octanol–water partition coefficient (Wildman–Crippen LogP) is 3.24. The van der Waals surface area contributed by atoms with E-state index in [1.54, 1.807) is 0 Å². The number of rotatable bonds is 2. The molecule has 0 unspecified atom stereocenters. The van der Waals surface area contributed by atoms with E-state index in [-0.39, 0.29) is 10.8 Å². The average molecular weight is 276 g/mol. The minimum Gasteiger partial charge on any atom is -0.467 e. The molecule has 0 saturated heterocycles. The van der Waals surface area contributed by atoms with Gasteiger partial charge in [-0.3, -0.25) is 0 Å². The van der Waals surface area contributed by atoms with Crippen LogP contribution in [0, 0.1) is 0 Å². The van der Waals surface area contributed by atoms with Gasteiger partial charge in [0.05, 0.1) is 7.11 Å². The lowest BCUT2D eigenvalue weighted by Gasteiger charge is -2.42. The molecule has 1 N–H and O–H groups in total. The Morgan fingerprint density at radius 1 is 1.15 bits per heavy atom. The molecular weight excluding hydrogens is 252 g/mol. The highest BCUT2D eigenvalue weighted by atomic mass is 16.5. The first-order valence-electron chi connectivity index (χ1n) is 7.10. The minimum atomic E-state index is -1.20. The second kappa shape index (κ2) is 4.88. The molecule has 0 amide bonds. The van der Waals surface area contributed by atoms with Gasteiger partial charge in [0.25, 0.3) is 0 Å². The SMILES string of the molecule is COC(=O)[C@H](O)c1ccc2c(c1)C(C)(C)CCC2(C)C. The molecule has 3 nitrogen and oxygen atoms in total. The maximum atomic E-state index is 11.5. The van der Waals surface area contributed by atoms with Crippen molar-refractivity contribution >= 4 is 5.97 Å². The summed E-state index contributed by atoms with van der Waals surface area (Å²) in [7, 11) is 1.29. The van der Waals surface area contributed by atoms with Crippen molar-refractivity contribution < 1.29 is 14.6 Å². The summed E-state index contributed by atoms with van der Waals surface area (Å²) in [5.74, 6) is -0.613. The van der Waals surface area contributed by atoms with Gasteiger partial charge in [-0.15, -0.1) is 0 Å². The van der Waals surface area contributed by atoms with Gasteiger partial charge in [-0.1, -0.05) is 45.9 Å². The lowest BCUT2D eigenvalue weighted by Crippen LogP contribution is -2.34. The number of methoxy groups -OCH3 is 1. The van der Waals surface area contributed by atoms with E-state index >= 15 is 0 Å². The van der Waals surface area contributed by atoms with Gasteiger partial charge in [0.1, 0.15) is 0 Å². The van der Waals surface area contributed by atoms with Crippen LogP contribution in [-0.4, -0.2) is 18.2 Å². The Balaban J connectivity index is 2.51. The maximum absolute atomic E-state index is 11.5. The fourth-order valence-electron chi connectivity index (χ4n) is 3.02. The number of aliphatic hydroxyl groups is 1. The molecule has 1 atom stereocenters. The zero-order valence-electron chi connectivity index (χ0n) is 13.0. The first kappa shape index (κ1) is 15.0. The Morgan fingerprint density at radius 3 is 2.25 bits per heavy atom. The molecule has 3 heteroatoms. The van der Waals surface area contributed by atoms with Gasteiger partial charge in [-0.05, 0) is 40.4 Å². The van der Waals surface area contributed by atoms with E-state index < -0.39 is 12.1 Å². The molecule has 0 aromatic heterocycles. The first-order valence-corrected chi connectivity index (χ1v) is 7.10. The van der Waals surface area contributed by atoms with E-state index in [1.165, 1.54) is 18.2 Å². The molecule has 0 heterocycles. The Bertz CT molecular complexity index is 529. The summed E-state index contributed by atoms with van der Waals surface area (Å²) in [6.45, 7) is 8.93. The van der Waals surface area contributed by atoms with Gasteiger partial charge < -0.3 is 9.84 Å². The predicted molar refractivity (Wildman–Crippen MR) is 78.7 cm³/mol. The van der Waals surface area contributed by atoms with Crippen molar-refractivity contribution in [3.63, 3.8) is 0 Å². The van der Waals surface area contributed by atoms with Gasteiger partial charge >= 0.3 is 5.97 Å². The number of carbonyl (C=O) groups excluding carboxylic acids is 1. The fraction of sp³-hybridized carbons (Fsp3) is 0.588. The van der Waals surface area contributed by atoms with Crippen LogP contribution in [0.4, 0.5) is 0 Å². The van der Waals surface area contributed by atoms with Crippen LogP contribution < -0.4 is 0 Å². The molecule has 0 radical (unpaired) electrons. The number of fused-ring (bicyclic) bond motifs is 1. The molecule has 1 aromatic carbocycles. The molecular formula is C17H24O3. The highest BCUT2D eigenvalue weighted by Crippen LogP contribution is 2.46. The van der Waals surface area contributed by atoms with E-state index in [9.17, 15) is 9.90 Å². The summed E-state index contributed by atoms with van der Waals surface area (Å²) in [5, 5.41) is 10.0. The number of carbonyl (C=O) groups is 1. The third-order valence-electron chi connectivity index (χ3n) is 4.62. The average Bonchev–Trinajstić information content (AvgIpc) is 2.42. The van der Waals surface area contributed by atoms with Gasteiger partial charge in [0, 0.05) is 0 Å². The largest absolute Gasteiger partial charge is 0.467 e. The van der Waals surface area contributed by atoms with E-state index in [1.807, 2.05) is 12.1 Å². The van der Waals surface area contributed by atoms with E-state index in [2.05, 4.69) is 38.5 Å². The van der Waals surface area contributed by atoms with Crippen molar-refractivity contribution in [3.8, 4) is 0 Å². The standard InChI is InChI=1S/C17H24O3/c1-16(2)8-9-17(3,4)13-10-11(6-7-12(13)16)14(18)15(19)20-5/h6-7,10,14,18H,8-9H2,1-5H3/t14-/m1/s1. The van der Waals surface area contributed by atoms with Crippen molar-refractivity contribution in [2.24, 2.45) is 0 Å². The highest BCUT2D eigenvalue weighted by molar-refractivity contribution is 5.76. The third kappa shape index (κ3) is 2.47. The van der Waals surface area contributed by atoms with E-state index in [0.717, 1.165) is 12.8 Å². The summed E-state index contributed by atoms with van der Waals surface area (Å²) < 4.78 is 4.61. The van der Waals surface area contributed by atoms with Crippen LogP contribution in [0.3, 0.4) is 0 Å². The van der Waals surface area contributed by atoms with Crippen LogP contribution in [0.5, 0.6) is 0 Å². The van der Waals surface area contributed by atoms with Crippen LogP contribution in [0.25, 0.3) is 0 Å². The van der Waals surface area contributed by atoms with Gasteiger partial charge in [-0.2, -0.15) is 0 Å². The van der Waals surface area contributed by atoms with Crippen molar-refractivity contribution in [1.82, 2.24) is 0 Å². The Kier molecular flexibility index (Phi) is 3.67. The molecule has 0 spiro atoms. The molecule has 0 aliphatic heterocycles. The Morgan fingerprint density at radius 2 is 1.70 bits per heavy atom. The van der Waals surface area contributed by atoms with Crippen molar-refractivity contribution in [1.29, 1.82) is 0 Å². The molecule has 110 valence electrons. The normalized spacial score (nSPS) is 20.9. The number of hydrogen-bond acceptors (Lipinski definition) is 3. The van der Waals surface area contributed by atoms with Gasteiger partial charge in [-0.25, -0.2) is 4.79 Å². The lowest BCUT2D eigenvalue weighted by molar-refractivity contribution is -0.150. The summed E-state index contributed by atoms with van der Waals surface area (Å²) in [5.41, 5.74) is 3.36. The van der Waals surface area contributed by atoms with E-state index in [4.69, 9.17) is 0 Å². The number of benzene rings is 1. The number of hydrogen-bond donors (Lipinski definition) is 1. The summed E-state index contributed by atoms with van der Waals surface area (Å²) >= 11 is 0. The van der Waals surface area contributed by atoms with Crippen LogP contribution in [-0.2, 0) is 20.4 Å². The van der Waals surface area contributed by atoms with Crippen LogP contribution in [0.2, 0.25) is 0 Å². The molecule has 0 bridgehead atoms. The van der Waals surface area contributed by atoms with Crippen molar-refractivity contribution in [2.75, 3.05) is 7.11 Å². The Hall–Kier alpha value is -1.35. The van der Waals surface area contributed by atoms with Gasteiger partial charge in [0.15, 0.2) is 6.10 Å². The monoisotopic (exact) mass is 276 g/mol. The zero-order chi connectivity index (χ0) is 15.1. The molecule has 1 aliphatic carbocycles. The van der Waals surface area contributed by atoms with Crippen LogP contribution in [0.15, 0.2) is 18.2 Å². The molecule has 1 aromatic rings. The number of ether oxygens (including phenoxy) is 1. The molecule has 20 heavy (non-hydrogen) atoms. The fourth-order valence-corrected chi connectivity index (χ4v) is 3.02. The van der Waals surface area contributed by atoms with Crippen molar-refractivity contribution in [2.45, 2.75) is 57.5 Å². The molecule has 1 aliphatic rings. The number of aliphatic hydroxyl groups excluding tert-OH is 1. The zero-order valence-corrected chi connectivity index (χ0v) is 13.0. The van der Waals surface area contributed by atoms with Crippen LogP contribution >= 0.6 is 0 Å². The summed E-state index contributed by atoms with van der Waals surface area (Å²) in [6, 6.07) is 5.86. The second-order valence-corrected chi connectivity index (χ2v) is 7.00. The molecule has 0 saturated carbocycles. The Labute approximate surface area is 121 Å². The molecule has 0 fully saturated rings. The highest BCUT2D eigenvalue weighted by Gasteiger charge is 2.37. The lowest BCUT2D eigenvalue weighted by atomic mass is 9.63. The maximum Gasteiger partial charge on any atom is 0.339 e.